The molecule has 2 aliphatic rings. The molecule has 136 valence electrons. The third-order valence-corrected chi connectivity index (χ3v) is 5.48. The third kappa shape index (κ3) is 3.67. The van der Waals surface area contributed by atoms with Crippen LogP contribution in [0.2, 0.25) is 0 Å². The van der Waals surface area contributed by atoms with Crippen molar-refractivity contribution in [1.29, 1.82) is 0 Å². The van der Waals surface area contributed by atoms with Crippen LogP contribution in [0.1, 0.15) is 25.3 Å². The molecule has 1 atom stereocenters. The summed E-state index contributed by atoms with van der Waals surface area (Å²) in [6.07, 6.45) is 4.37. The van der Waals surface area contributed by atoms with Crippen LogP contribution in [0.25, 0.3) is 0 Å². The van der Waals surface area contributed by atoms with Gasteiger partial charge in [-0.3, -0.25) is 19.5 Å². The quantitative estimate of drug-likeness (QED) is 0.819. The standard InChI is InChI=1S/C18H26N4O3/c1-14(23)22-11-10-20(2)16(13-22)17(24)21-8-5-18(25,6-9-21)15-4-3-7-19-12-15/h3-4,7,12,16,25H,5-6,8-11,13H2,1-2H3/t16-/m0/s1. The number of nitrogens with zero attached hydrogens (tertiary/aromatic N) is 4. The van der Waals surface area contributed by atoms with Crippen LogP contribution in [0.3, 0.4) is 0 Å². The molecule has 0 bridgehead atoms. The zero-order valence-electron chi connectivity index (χ0n) is 14.9. The Morgan fingerprint density at radius 3 is 2.52 bits per heavy atom. The first-order chi connectivity index (χ1) is 11.9. The summed E-state index contributed by atoms with van der Waals surface area (Å²) in [5.41, 5.74) is -0.116. The van der Waals surface area contributed by atoms with Gasteiger partial charge in [-0.2, -0.15) is 0 Å². The summed E-state index contributed by atoms with van der Waals surface area (Å²) in [7, 11) is 1.93. The van der Waals surface area contributed by atoms with Gasteiger partial charge < -0.3 is 14.9 Å². The van der Waals surface area contributed by atoms with Gasteiger partial charge in [-0.1, -0.05) is 6.07 Å². The maximum absolute atomic E-state index is 12.9. The molecule has 0 unspecified atom stereocenters. The number of aromatic nitrogens is 1. The van der Waals surface area contributed by atoms with Crippen molar-refractivity contribution in [3.05, 3.63) is 30.1 Å². The van der Waals surface area contributed by atoms with Gasteiger partial charge in [0, 0.05) is 57.6 Å². The number of carbonyl (C=O) groups excluding carboxylic acids is 2. The first-order valence-electron chi connectivity index (χ1n) is 8.78. The molecule has 1 N–H and O–H groups in total. The Morgan fingerprint density at radius 2 is 1.92 bits per heavy atom. The largest absolute Gasteiger partial charge is 0.385 e. The second-order valence-corrected chi connectivity index (χ2v) is 7.06. The van der Waals surface area contributed by atoms with E-state index in [0.717, 1.165) is 5.56 Å². The highest BCUT2D eigenvalue weighted by atomic mass is 16.3. The minimum Gasteiger partial charge on any atom is -0.385 e. The number of likely N-dealkylation sites (tertiary alicyclic amines) is 1. The molecule has 2 saturated heterocycles. The highest BCUT2D eigenvalue weighted by molar-refractivity contribution is 5.83. The molecule has 3 heterocycles. The van der Waals surface area contributed by atoms with E-state index in [-0.39, 0.29) is 17.9 Å². The van der Waals surface area contributed by atoms with Crippen LogP contribution in [-0.4, -0.2) is 82.4 Å². The molecule has 2 fully saturated rings. The number of likely N-dealkylation sites (N-methyl/N-ethyl adjacent to an activating group) is 1. The fourth-order valence-corrected chi connectivity index (χ4v) is 3.66. The van der Waals surface area contributed by atoms with Crippen LogP contribution in [0.4, 0.5) is 0 Å². The zero-order chi connectivity index (χ0) is 18.0. The van der Waals surface area contributed by atoms with E-state index in [9.17, 15) is 14.7 Å². The first kappa shape index (κ1) is 17.8. The lowest BCUT2D eigenvalue weighted by atomic mass is 9.85. The molecule has 7 nitrogen and oxygen atoms in total. The molecule has 1 aromatic rings. The van der Waals surface area contributed by atoms with Crippen LogP contribution in [-0.2, 0) is 15.2 Å². The van der Waals surface area contributed by atoms with E-state index >= 15 is 0 Å². The van der Waals surface area contributed by atoms with Crippen molar-refractivity contribution in [2.24, 2.45) is 0 Å². The number of piperidine rings is 1. The average molecular weight is 346 g/mol. The number of pyridine rings is 1. The van der Waals surface area contributed by atoms with Gasteiger partial charge in [0.15, 0.2) is 0 Å². The van der Waals surface area contributed by atoms with Crippen LogP contribution in [0, 0.1) is 0 Å². The molecule has 0 saturated carbocycles. The Labute approximate surface area is 148 Å². The molecule has 2 amide bonds. The lowest BCUT2D eigenvalue weighted by Crippen LogP contribution is -2.60. The summed E-state index contributed by atoms with van der Waals surface area (Å²) in [6, 6.07) is 3.39. The predicted molar refractivity (Wildman–Crippen MR) is 92.6 cm³/mol. The summed E-state index contributed by atoms with van der Waals surface area (Å²) in [4.78, 5) is 34.2. The van der Waals surface area contributed by atoms with E-state index in [1.807, 2.05) is 29.0 Å². The van der Waals surface area contributed by atoms with E-state index in [0.29, 0.717) is 45.6 Å². The van der Waals surface area contributed by atoms with Gasteiger partial charge in [-0.05, 0) is 26.0 Å². The van der Waals surface area contributed by atoms with Crippen molar-refractivity contribution in [1.82, 2.24) is 19.7 Å². The predicted octanol–water partition coefficient (Wildman–Crippen LogP) is 0.0541. The van der Waals surface area contributed by atoms with E-state index in [2.05, 4.69) is 4.98 Å². The molecule has 25 heavy (non-hydrogen) atoms. The van der Waals surface area contributed by atoms with Gasteiger partial charge >= 0.3 is 0 Å². The Hall–Kier alpha value is -1.99. The molecule has 1 aromatic heterocycles. The summed E-state index contributed by atoms with van der Waals surface area (Å²) in [5.74, 6) is 0.0529. The van der Waals surface area contributed by atoms with Crippen LogP contribution >= 0.6 is 0 Å². The van der Waals surface area contributed by atoms with E-state index in [4.69, 9.17) is 0 Å². The lowest BCUT2D eigenvalue weighted by molar-refractivity contribution is -0.145. The van der Waals surface area contributed by atoms with Crippen LogP contribution in [0.5, 0.6) is 0 Å². The molecule has 2 aliphatic heterocycles. The zero-order valence-corrected chi connectivity index (χ0v) is 14.9. The molecule has 3 rings (SSSR count). The molecular weight excluding hydrogens is 320 g/mol. The van der Waals surface area contributed by atoms with E-state index < -0.39 is 5.60 Å². The number of piperazine rings is 1. The topological polar surface area (TPSA) is 77.0 Å². The normalized spacial score (nSPS) is 24.2. The number of rotatable bonds is 2. The number of hydrogen-bond donors (Lipinski definition) is 1. The Bertz CT molecular complexity index is 628. The maximum Gasteiger partial charge on any atom is 0.241 e. The summed E-state index contributed by atoms with van der Waals surface area (Å²) >= 11 is 0. The van der Waals surface area contributed by atoms with Gasteiger partial charge in [0.2, 0.25) is 11.8 Å². The molecule has 0 radical (unpaired) electrons. The highest BCUT2D eigenvalue weighted by Crippen LogP contribution is 2.32. The van der Waals surface area contributed by atoms with Gasteiger partial charge in [-0.25, -0.2) is 0 Å². The SMILES string of the molecule is CC(=O)N1CCN(C)[C@H](C(=O)N2CCC(O)(c3cccnc3)CC2)C1. The Balaban J connectivity index is 1.64. The molecule has 0 spiro atoms. The van der Waals surface area contributed by atoms with Crippen LogP contribution < -0.4 is 0 Å². The molecule has 0 aliphatic carbocycles. The van der Waals surface area contributed by atoms with Crippen LogP contribution in [0.15, 0.2) is 24.5 Å². The van der Waals surface area contributed by atoms with E-state index in [1.165, 1.54) is 0 Å². The summed E-state index contributed by atoms with van der Waals surface area (Å²) in [5, 5.41) is 10.9. The lowest BCUT2D eigenvalue weighted by Gasteiger charge is -2.43. The second-order valence-electron chi connectivity index (χ2n) is 7.06. The van der Waals surface area contributed by atoms with Gasteiger partial charge in [0.25, 0.3) is 0 Å². The van der Waals surface area contributed by atoms with Crippen molar-refractivity contribution in [2.75, 3.05) is 39.8 Å². The van der Waals surface area contributed by atoms with Crippen molar-refractivity contribution in [2.45, 2.75) is 31.4 Å². The monoisotopic (exact) mass is 346 g/mol. The minimum atomic E-state index is -0.922. The van der Waals surface area contributed by atoms with Gasteiger partial charge in [0.1, 0.15) is 6.04 Å². The molecule has 7 heteroatoms. The average Bonchev–Trinajstić information content (AvgIpc) is 2.63. The molecule has 0 aromatic carbocycles. The molecular formula is C18H26N4O3. The fraction of sp³-hybridized carbons (Fsp3) is 0.611. The number of carbonyl (C=O) groups is 2. The smallest absolute Gasteiger partial charge is 0.241 e. The number of amides is 2. The Morgan fingerprint density at radius 1 is 1.20 bits per heavy atom. The van der Waals surface area contributed by atoms with Gasteiger partial charge in [-0.15, -0.1) is 0 Å². The second kappa shape index (κ2) is 7.09. The van der Waals surface area contributed by atoms with Crippen molar-refractivity contribution < 1.29 is 14.7 Å². The highest BCUT2D eigenvalue weighted by Gasteiger charge is 2.39. The Kier molecular flexibility index (Phi) is 5.06. The van der Waals surface area contributed by atoms with Crippen molar-refractivity contribution >= 4 is 11.8 Å². The third-order valence-electron chi connectivity index (χ3n) is 5.48. The summed E-state index contributed by atoms with van der Waals surface area (Å²) < 4.78 is 0. The number of hydrogen-bond acceptors (Lipinski definition) is 5. The maximum atomic E-state index is 12.9. The van der Waals surface area contributed by atoms with Gasteiger partial charge in [0.05, 0.1) is 5.60 Å². The van der Waals surface area contributed by atoms with Crippen molar-refractivity contribution in [3.8, 4) is 0 Å². The minimum absolute atomic E-state index is 0.00972. The summed E-state index contributed by atoms with van der Waals surface area (Å²) in [6.45, 7) is 4.36. The first-order valence-corrected chi connectivity index (χ1v) is 8.78. The van der Waals surface area contributed by atoms with Crippen molar-refractivity contribution in [3.63, 3.8) is 0 Å². The fourth-order valence-electron chi connectivity index (χ4n) is 3.66. The van der Waals surface area contributed by atoms with E-state index in [1.54, 1.807) is 24.2 Å². The number of aliphatic hydroxyl groups is 1.